The van der Waals surface area contributed by atoms with Gasteiger partial charge in [-0.3, -0.25) is 4.90 Å². The molecule has 0 saturated carbocycles. The van der Waals surface area contributed by atoms with Gasteiger partial charge in [-0.2, -0.15) is 0 Å². The summed E-state index contributed by atoms with van der Waals surface area (Å²) >= 11 is 0. The molecule has 0 spiro atoms. The minimum Gasteiger partial charge on any atom is -0.853 e. The third-order valence-corrected chi connectivity index (χ3v) is 1.77. The van der Waals surface area contributed by atoms with Crippen molar-refractivity contribution in [1.82, 2.24) is 4.90 Å². The molecule has 0 saturated heterocycles. The van der Waals surface area contributed by atoms with Crippen molar-refractivity contribution in [2.75, 3.05) is 39.5 Å². The number of ether oxygens (including phenoxy) is 1. The van der Waals surface area contributed by atoms with Crippen LogP contribution in [-0.4, -0.2) is 44.4 Å². The van der Waals surface area contributed by atoms with Gasteiger partial charge in [-0.15, -0.1) is 19.8 Å². The summed E-state index contributed by atoms with van der Waals surface area (Å²) in [5.74, 6) is 0. The van der Waals surface area contributed by atoms with Crippen molar-refractivity contribution in [2.45, 2.75) is 6.42 Å². The molecule has 82 valence electrons. The fourth-order valence-electron chi connectivity index (χ4n) is 1.17. The molecule has 0 unspecified atom stereocenters. The van der Waals surface area contributed by atoms with Crippen LogP contribution in [0.5, 0.6) is 0 Å². The van der Waals surface area contributed by atoms with E-state index in [1.807, 2.05) is 12.2 Å². The third-order valence-electron chi connectivity index (χ3n) is 1.77. The molecule has 0 aliphatic carbocycles. The minimum atomic E-state index is -0.150. The second-order valence-electron chi connectivity index (χ2n) is 3.01. The molecular weight excluding hydrogens is 178 g/mol. The summed E-state index contributed by atoms with van der Waals surface area (Å²) in [5.41, 5.74) is 0. The maximum atomic E-state index is 10.1. The first-order chi connectivity index (χ1) is 6.85. The second-order valence-corrected chi connectivity index (χ2v) is 3.01. The minimum absolute atomic E-state index is 0.150. The zero-order valence-corrected chi connectivity index (χ0v) is 8.78. The summed E-state index contributed by atoms with van der Waals surface area (Å²) in [6.07, 6.45) is 4.70. The summed E-state index contributed by atoms with van der Waals surface area (Å²) < 4.78 is 5.10. The number of rotatable bonds is 10. The Bertz CT molecular complexity index is 138. The Labute approximate surface area is 86.7 Å². The maximum Gasteiger partial charge on any atom is 0.0477 e. The van der Waals surface area contributed by atoms with Gasteiger partial charge in [-0.05, 0) is 6.42 Å². The van der Waals surface area contributed by atoms with E-state index in [0.717, 1.165) is 26.1 Å². The van der Waals surface area contributed by atoms with Crippen LogP contribution in [0.2, 0.25) is 0 Å². The fraction of sp³-hybridized carbons (Fsp3) is 0.636. The van der Waals surface area contributed by atoms with E-state index in [9.17, 15) is 5.11 Å². The zero-order valence-electron chi connectivity index (χ0n) is 8.78. The fourth-order valence-corrected chi connectivity index (χ4v) is 1.17. The highest BCUT2D eigenvalue weighted by molar-refractivity contribution is 4.79. The summed E-state index contributed by atoms with van der Waals surface area (Å²) in [4.78, 5) is 2.22. The molecule has 0 radical (unpaired) electrons. The smallest absolute Gasteiger partial charge is 0.0477 e. The highest BCUT2D eigenvalue weighted by Crippen LogP contribution is 1.93. The van der Waals surface area contributed by atoms with Gasteiger partial charge in [-0.25, -0.2) is 0 Å². The number of hydrogen-bond donors (Lipinski definition) is 0. The van der Waals surface area contributed by atoms with Crippen molar-refractivity contribution >= 4 is 0 Å². The van der Waals surface area contributed by atoms with Gasteiger partial charge < -0.3 is 9.84 Å². The van der Waals surface area contributed by atoms with Gasteiger partial charge in [0, 0.05) is 32.8 Å². The first kappa shape index (κ1) is 13.4. The lowest BCUT2D eigenvalue weighted by molar-refractivity contribution is -0.374. The molecular formula is C11H20NO2-. The van der Waals surface area contributed by atoms with Crippen LogP contribution in [0.15, 0.2) is 25.3 Å². The van der Waals surface area contributed by atoms with Crippen molar-refractivity contribution < 1.29 is 9.84 Å². The van der Waals surface area contributed by atoms with Gasteiger partial charge in [-0.1, -0.05) is 12.2 Å². The van der Waals surface area contributed by atoms with Crippen LogP contribution in [0.4, 0.5) is 0 Å². The molecule has 0 amide bonds. The summed E-state index contributed by atoms with van der Waals surface area (Å²) in [6, 6.07) is 0. The average molecular weight is 198 g/mol. The second kappa shape index (κ2) is 10.4. The Morgan fingerprint density at radius 1 is 1.14 bits per heavy atom. The largest absolute Gasteiger partial charge is 0.853 e. The summed E-state index contributed by atoms with van der Waals surface area (Å²) in [7, 11) is 0. The predicted octanol–water partition coefficient (Wildman–Crippen LogP) is 0.427. The molecule has 0 heterocycles. The summed E-state index contributed by atoms with van der Waals surface area (Å²) in [6.45, 7) is 10.9. The van der Waals surface area contributed by atoms with Gasteiger partial charge in [0.1, 0.15) is 0 Å². The number of nitrogens with zero attached hydrogens (tertiary/aromatic N) is 1. The summed E-state index contributed by atoms with van der Waals surface area (Å²) in [5, 5.41) is 10.1. The lowest BCUT2D eigenvalue weighted by Gasteiger charge is -2.18. The standard InChI is InChI=1S/C11H20NO2/c1-3-6-12(7-4-2)8-5-10-14-11-9-13/h3-4H,1-2,5-11H2/q-1. The molecule has 0 aromatic carbocycles. The molecule has 0 aliphatic rings. The van der Waals surface area contributed by atoms with Crippen LogP contribution >= 0.6 is 0 Å². The molecule has 0 aromatic rings. The molecule has 0 aliphatic heterocycles. The molecule has 0 N–H and O–H groups in total. The Morgan fingerprint density at radius 2 is 1.79 bits per heavy atom. The first-order valence-corrected chi connectivity index (χ1v) is 4.95. The van der Waals surface area contributed by atoms with E-state index in [4.69, 9.17) is 4.74 Å². The van der Waals surface area contributed by atoms with E-state index in [1.165, 1.54) is 0 Å². The molecule has 14 heavy (non-hydrogen) atoms. The molecule has 3 nitrogen and oxygen atoms in total. The van der Waals surface area contributed by atoms with Gasteiger partial charge in [0.05, 0.1) is 0 Å². The Hall–Kier alpha value is -0.640. The first-order valence-electron chi connectivity index (χ1n) is 4.95. The SMILES string of the molecule is C=CCN(CC=C)CCCOCC[O-]. The van der Waals surface area contributed by atoms with Gasteiger partial charge in [0.2, 0.25) is 0 Å². The van der Waals surface area contributed by atoms with Gasteiger partial charge in [0.15, 0.2) is 0 Å². The molecule has 0 aromatic heterocycles. The van der Waals surface area contributed by atoms with Crippen molar-refractivity contribution in [3.63, 3.8) is 0 Å². The molecule has 0 rings (SSSR count). The van der Waals surface area contributed by atoms with E-state index in [1.54, 1.807) is 0 Å². The van der Waals surface area contributed by atoms with Gasteiger partial charge in [0.25, 0.3) is 0 Å². The van der Waals surface area contributed by atoms with E-state index >= 15 is 0 Å². The molecule has 0 fully saturated rings. The van der Waals surface area contributed by atoms with Crippen LogP contribution in [0, 0.1) is 0 Å². The van der Waals surface area contributed by atoms with Crippen LogP contribution in [0.3, 0.4) is 0 Å². The van der Waals surface area contributed by atoms with Crippen LogP contribution in [0.1, 0.15) is 6.42 Å². The van der Waals surface area contributed by atoms with Crippen molar-refractivity contribution in [3.05, 3.63) is 25.3 Å². The van der Waals surface area contributed by atoms with Crippen molar-refractivity contribution in [1.29, 1.82) is 0 Å². The Kier molecular flexibility index (Phi) is 9.96. The Balaban J connectivity index is 3.39. The van der Waals surface area contributed by atoms with E-state index in [-0.39, 0.29) is 6.61 Å². The van der Waals surface area contributed by atoms with Crippen LogP contribution < -0.4 is 5.11 Å². The van der Waals surface area contributed by atoms with E-state index in [0.29, 0.717) is 13.2 Å². The zero-order chi connectivity index (χ0) is 10.6. The normalized spacial score (nSPS) is 10.4. The lowest BCUT2D eigenvalue weighted by atomic mass is 10.3. The molecule has 0 atom stereocenters. The highest BCUT2D eigenvalue weighted by atomic mass is 16.5. The lowest BCUT2D eigenvalue weighted by Crippen LogP contribution is -2.26. The van der Waals surface area contributed by atoms with Crippen LogP contribution in [0.25, 0.3) is 0 Å². The molecule has 0 bridgehead atoms. The van der Waals surface area contributed by atoms with Crippen molar-refractivity contribution in [3.8, 4) is 0 Å². The van der Waals surface area contributed by atoms with E-state index in [2.05, 4.69) is 18.1 Å². The quantitative estimate of drug-likeness (QED) is 0.377. The third kappa shape index (κ3) is 7.98. The van der Waals surface area contributed by atoms with Gasteiger partial charge >= 0.3 is 0 Å². The van der Waals surface area contributed by atoms with E-state index < -0.39 is 0 Å². The van der Waals surface area contributed by atoms with Crippen molar-refractivity contribution in [2.24, 2.45) is 0 Å². The topological polar surface area (TPSA) is 35.5 Å². The molecule has 3 heteroatoms. The Morgan fingerprint density at radius 3 is 2.29 bits per heavy atom. The van der Waals surface area contributed by atoms with Crippen LogP contribution in [-0.2, 0) is 4.74 Å². The predicted molar refractivity (Wildman–Crippen MR) is 57.1 cm³/mol. The number of hydrogen-bond acceptors (Lipinski definition) is 3. The monoisotopic (exact) mass is 198 g/mol. The maximum absolute atomic E-state index is 10.1. The average Bonchev–Trinajstić information content (AvgIpc) is 2.18. The highest BCUT2D eigenvalue weighted by Gasteiger charge is 1.98.